The SMILES string of the molecule is CC1(CC2C(=O)OC(C)(C)OC2=O)CC1. The molecule has 1 aliphatic heterocycles. The normalized spacial score (nSPS) is 28.2. The highest BCUT2D eigenvalue weighted by Crippen LogP contribution is 2.50. The Bertz CT molecular complexity index is 295. The number of ether oxygens (including phenoxy) is 2. The number of cyclic esters (lactones) is 2. The molecule has 0 amide bonds. The van der Waals surface area contributed by atoms with Gasteiger partial charge in [0.15, 0.2) is 5.92 Å². The van der Waals surface area contributed by atoms with Crippen molar-refractivity contribution < 1.29 is 19.1 Å². The highest BCUT2D eigenvalue weighted by molar-refractivity contribution is 5.96. The topological polar surface area (TPSA) is 52.6 Å². The average molecular weight is 212 g/mol. The third-order valence-corrected chi connectivity index (χ3v) is 3.06. The van der Waals surface area contributed by atoms with Crippen LogP contribution < -0.4 is 0 Å². The minimum absolute atomic E-state index is 0.143. The van der Waals surface area contributed by atoms with Gasteiger partial charge in [0.1, 0.15) is 0 Å². The molecule has 0 aromatic carbocycles. The molecule has 0 atom stereocenters. The first-order valence-electron chi connectivity index (χ1n) is 5.27. The quantitative estimate of drug-likeness (QED) is 0.515. The van der Waals surface area contributed by atoms with Crippen molar-refractivity contribution >= 4 is 11.9 Å². The van der Waals surface area contributed by atoms with E-state index in [1.165, 1.54) is 0 Å². The van der Waals surface area contributed by atoms with Crippen LogP contribution in [0.2, 0.25) is 0 Å². The van der Waals surface area contributed by atoms with Crippen molar-refractivity contribution in [3.8, 4) is 0 Å². The molecule has 2 rings (SSSR count). The number of hydrogen-bond acceptors (Lipinski definition) is 4. The first-order valence-corrected chi connectivity index (χ1v) is 5.27. The first kappa shape index (κ1) is 10.5. The maximum atomic E-state index is 11.6. The van der Waals surface area contributed by atoms with E-state index in [-0.39, 0.29) is 5.41 Å². The van der Waals surface area contributed by atoms with Crippen molar-refractivity contribution in [3.05, 3.63) is 0 Å². The summed E-state index contributed by atoms with van der Waals surface area (Å²) in [7, 11) is 0. The second-order valence-electron chi connectivity index (χ2n) is 5.31. The Morgan fingerprint density at radius 1 is 1.13 bits per heavy atom. The van der Waals surface area contributed by atoms with E-state index in [2.05, 4.69) is 6.92 Å². The third kappa shape index (κ3) is 2.13. The number of esters is 2. The Kier molecular flexibility index (Phi) is 2.07. The molecule has 84 valence electrons. The number of carbonyl (C=O) groups is 2. The minimum atomic E-state index is -1.10. The van der Waals surface area contributed by atoms with Crippen LogP contribution in [-0.4, -0.2) is 17.7 Å². The Morgan fingerprint density at radius 2 is 1.60 bits per heavy atom. The van der Waals surface area contributed by atoms with Gasteiger partial charge in [0.25, 0.3) is 5.79 Å². The van der Waals surface area contributed by atoms with Crippen LogP contribution in [-0.2, 0) is 19.1 Å². The van der Waals surface area contributed by atoms with Crippen molar-refractivity contribution in [2.75, 3.05) is 0 Å². The lowest BCUT2D eigenvalue weighted by atomic mass is 9.93. The Morgan fingerprint density at radius 3 is 2.00 bits per heavy atom. The fourth-order valence-corrected chi connectivity index (χ4v) is 1.82. The molecule has 1 aliphatic carbocycles. The van der Waals surface area contributed by atoms with Gasteiger partial charge in [-0.05, 0) is 24.7 Å². The maximum absolute atomic E-state index is 11.6. The van der Waals surface area contributed by atoms with Crippen molar-refractivity contribution in [1.29, 1.82) is 0 Å². The molecule has 0 radical (unpaired) electrons. The molecule has 4 heteroatoms. The minimum Gasteiger partial charge on any atom is -0.422 e. The van der Waals surface area contributed by atoms with Crippen molar-refractivity contribution in [3.63, 3.8) is 0 Å². The monoisotopic (exact) mass is 212 g/mol. The van der Waals surface area contributed by atoms with Gasteiger partial charge in [-0.25, -0.2) is 0 Å². The molecular weight excluding hydrogens is 196 g/mol. The average Bonchev–Trinajstić information content (AvgIpc) is 2.76. The molecule has 0 aromatic rings. The van der Waals surface area contributed by atoms with E-state index in [1.54, 1.807) is 13.8 Å². The van der Waals surface area contributed by atoms with Gasteiger partial charge in [0.05, 0.1) is 0 Å². The van der Waals surface area contributed by atoms with Crippen LogP contribution in [0.25, 0.3) is 0 Å². The largest absolute Gasteiger partial charge is 0.422 e. The Hall–Kier alpha value is -1.06. The maximum Gasteiger partial charge on any atom is 0.323 e. The summed E-state index contributed by atoms with van der Waals surface area (Å²) in [5.41, 5.74) is 0.143. The van der Waals surface area contributed by atoms with Gasteiger partial charge < -0.3 is 9.47 Å². The van der Waals surface area contributed by atoms with Gasteiger partial charge in [0, 0.05) is 13.8 Å². The lowest BCUT2D eigenvalue weighted by Crippen LogP contribution is -2.46. The molecule has 0 N–H and O–H groups in total. The van der Waals surface area contributed by atoms with E-state index in [4.69, 9.17) is 9.47 Å². The zero-order valence-corrected chi connectivity index (χ0v) is 9.33. The predicted molar refractivity (Wildman–Crippen MR) is 51.7 cm³/mol. The molecule has 0 unspecified atom stereocenters. The molecule has 0 spiro atoms. The molecule has 1 saturated heterocycles. The zero-order chi connectivity index (χ0) is 11.3. The van der Waals surface area contributed by atoms with Crippen molar-refractivity contribution in [1.82, 2.24) is 0 Å². The lowest BCUT2D eigenvalue weighted by molar-refractivity contribution is -0.240. The summed E-state index contributed by atoms with van der Waals surface area (Å²) >= 11 is 0. The van der Waals surface area contributed by atoms with Crippen molar-refractivity contribution in [2.24, 2.45) is 11.3 Å². The van der Waals surface area contributed by atoms with Crippen LogP contribution in [0.15, 0.2) is 0 Å². The molecule has 2 fully saturated rings. The van der Waals surface area contributed by atoms with E-state index in [0.29, 0.717) is 6.42 Å². The molecule has 1 saturated carbocycles. The summed E-state index contributed by atoms with van der Waals surface area (Å²) in [6, 6.07) is 0. The van der Waals surface area contributed by atoms with Crippen LogP contribution in [0.3, 0.4) is 0 Å². The van der Waals surface area contributed by atoms with E-state index >= 15 is 0 Å². The van der Waals surface area contributed by atoms with Crippen LogP contribution in [0.1, 0.15) is 40.0 Å². The van der Waals surface area contributed by atoms with Crippen LogP contribution in [0.5, 0.6) is 0 Å². The highest BCUT2D eigenvalue weighted by atomic mass is 16.7. The predicted octanol–water partition coefficient (Wildman–Crippen LogP) is 1.63. The van der Waals surface area contributed by atoms with E-state index in [1.807, 2.05) is 0 Å². The third-order valence-electron chi connectivity index (χ3n) is 3.06. The molecule has 1 heterocycles. The summed E-state index contributed by atoms with van der Waals surface area (Å²) in [5.74, 6) is -2.70. The van der Waals surface area contributed by atoms with Gasteiger partial charge in [-0.2, -0.15) is 0 Å². The fraction of sp³-hybridized carbons (Fsp3) is 0.818. The van der Waals surface area contributed by atoms with Crippen LogP contribution in [0, 0.1) is 11.3 Å². The highest BCUT2D eigenvalue weighted by Gasteiger charge is 2.49. The second-order valence-corrected chi connectivity index (χ2v) is 5.31. The van der Waals surface area contributed by atoms with Crippen LogP contribution >= 0.6 is 0 Å². The smallest absolute Gasteiger partial charge is 0.323 e. The summed E-state index contributed by atoms with van der Waals surface area (Å²) < 4.78 is 10.1. The summed E-state index contributed by atoms with van der Waals surface area (Å²) in [5, 5.41) is 0. The van der Waals surface area contributed by atoms with Gasteiger partial charge in [-0.3, -0.25) is 9.59 Å². The number of carbonyl (C=O) groups excluding carboxylic acids is 2. The van der Waals surface area contributed by atoms with E-state index < -0.39 is 23.6 Å². The molecule has 0 aromatic heterocycles. The molecule has 2 aliphatic rings. The summed E-state index contributed by atoms with van der Waals surface area (Å²) in [6.07, 6.45) is 2.71. The van der Waals surface area contributed by atoms with Gasteiger partial charge >= 0.3 is 11.9 Å². The molecule has 15 heavy (non-hydrogen) atoms. The van der Waals surface area contributed by atoms with Crippen molar-refractivity contribution in [2.45, 2.75) is 45.8 Å². The Labute approximate surface area is 88.9 Å². The van der Waals surface area contributed by atoms with Crippen LogP contribution in [0.4, 0.5) is 0 Å². The zero-order valence-electron chi connectivity index (χ0n) is 9.33. The lowest BCUT2D eigenvalue weighted by Gasteiger charge is -2.33. The van der Waals surface area contributed by atoms with E-state index in [9.17, 15) is 9.59 Å². The molecular formula is C11H16O4. The molecule has 4 nitrogen and oxygen atoms in total. The summed E-state index contributed by atoms with van der Waals surface area (Å²) in [6.45, 7) is 5.21. The summed E-state index contributed by atoms with van der Waals surface area (Å²) in [4.78, 5) is 23.2. The second kappa shape index (κ2) is 2.97. The number of rotatable bonds is 2. The fourth-order valence-electron chi connectivity index (χ4n) is 1.82. The van der Waals surface area contributed by atoms with Gasteiger partial charge in [-0.15, -0.1) is 0 Å². The first-order chi connectivity index (χ1) is 6.81. The standard InChI is InChI=1S/C11H16O4/c1-10(2)14-8(12)7(9(13)15-10)6-11(3)4-5-11/h7H,4-6H2,1-3H3. The van der Waals surface area contributed by atoms with E-state index in [0.717, 1.165) is 12.8 Å². The van der Waals surface area contributed by atoms with Gasteiger partial charge in [0.2, 0.25) is 0 Å². The molecule has 0 bridgehead atoms. The Balaban J connectivity index is 2.06. The number of hydrogen-bond donors (Lipinski definition) is 0. The van der Waals surface area contributed by atoms with Gasteiger partial charge in [-0.1, -0.05) is 6.92 Å².